The van der Waals surface area contributed by atoms with Crippen molar-refractivity contribution in [2.24, 2.45) is 0 Å². The Morgan fingerprint density at radius 1 is 1.02 bits per heavy atom. The summed E-state index contributed by atoms with van der Waals surface area (Å²) in [4.78, 5) is 40.4. The average Bonchev–Trinajstić information content (AvgIpc) is 3.09. The van der Waals surface area contributed by atoms with Gasteiger partial charge in [0.05, 0.1) is 22.6 Å². The Morgan fingerprint density at radius 3 is 2.34 bits per heavy atom. The van der Waals surface area contributed by atoms with Gasteiger partial charge >= 0.3 is 0 Å². The monoisotopic (exact) mass is 724 g/mol. The van der Waals surface area contributed by atoms with E-state index in [1.54, 1.807) is 43.3 Å². The maximum atomic E-state index is 15.2. The molecule has 264 valence electrons. The van der Waals surface area contributed by atoms with E-state index >= 15 is 4.39 Å². The second-order valence-corrected chi connectivity index (χ2v) is 14.0. The second kappa shape index (κ2) is 16.6. The number of carbonyl (C=O) groups is 2. The first-order chi connectivity index (χ1) is 23.8. The summed E-state index contributed by atoms with van der Waals surface area (Å²) in [5.41, 5.74) is 0.451. The Hall–Kier alpha value is -5.01. The lowest BCUT2D eigenvalue weighted by Crippen LogP contribution is -2.54. The molecule has 1 N–H and O–H groups in total. The van der Waals surface area contributed by atoms with Crippen molar-refractivity contribution < 1.29 is 32.1 Å². The minimum atomic E-state index is -4.75. The van der Waals surface area contributed by atoms with Crippen LogP contribution in [0.3, 0.4) is 0 Å². The standard InChI is InChI=1S/C36H38ClFN4O7S/c1-5-25(3)39-36(44)33(19-26-11-7-6-8-12-26)40(22-27-13-9-10-14-30(27)38)35(43)23-41(32-20-28(37)16-18-34(32)49-4)50(47,48)29-17-15-24(2)31(21-29)42(45)46/h6-18,20-21,25,33H,5,19,22-23H2,1-4H3,(H,39,44)/t25-,33-/m1/s1. The van der Waals surface area contributed by atoms with Gasteiger partial charge in [-0.3, -0.25) is 24.0 Å². The van der Waals surface area contributed by atoms with E-state index in [9.17, 15) is 28.1 Å². The van der Waals surface area contributed by atoms with Crippen LogP contribution in [0, 0.1) is 22.9 Å². The normalized spacial score (nSPS) is 12.4. The summed E-state index contributed by atoms with van der Waals surface area (Å²) in [6.07, 6.45) is 0.620. The number of methoxy groups -OCH3 is 1. The fourth-order valence-electron chi connectivity index (χ4n) is 5.25. The molecular weight excluding hydrogens is 687 g/mol. The van der Waals surface area contributed by atoms with E-state index in [1.807, 2.05) is 6.92 Å². The first-order valence-electron chi connectivity index (χ1n) is 15.7. The number of amides is 2. The van der Waals surface area contributed by atoms with Gasteiger partial charge < -0.3 is 15.0 Å². The zero-order chi connectivity index (χ0) is 36.6. The van der Waals surface area contributed by atoms with Crippen molar-refractivity contribution in [3.63, 3.8) is 0 Å². The lowest BCUT2D eigenvalue weighted by Gasteiger charge is -2.34. The minimum Gasteiger partial charge on any atom is -0.495 e. The number of rotatable bonds is 15. The van der Waals surface area contributed by atoms with Gasteiger partial charge in [0.1, 0.15) is 24.2 Å². The molecule has 0 aliphatic rings. The molecule has 4 aromatic rings. The van der Waals surface area contributed by atoms with E-state index in [-0.39, 0.29) is 46.6 Å². The zero-order valence-electron chi connectivity index (χ0n) is 28.0. The molecule has 0 fully saturated rings. The van der Waals surface area contributed by atoms with E-state index in [4.69, 9.17) is 16.3 Å². The molecule has 4 aromatic carbocycles. The third-order valence-corrected chi connectivity index (χ3v) is 10.2. The molecule has 0 unspecified atom stereocenters. The van der Waals surface area contributed by atoms with Crippen molar-refractivity contribution in [1.29, 1.82) is 0 Å². The fraction of sp³-hybridized carbons (Fsp3) is 0.278. The maximum Gasteiger partial charge on any atom is 0.273 e. The summed E-state index contributed by atoms with van der Waals surface area (Å²) in [5, 5.41) is 14.8. The number of hydrogen-bond donors (Lipinski definition) is 1. The highest BCUT2D eigenvalue weighted by molar-refractivity contribution is 7.92. The van der Waals surface area contributed by atoms with Gasteiger partial charge in [0.2, 0.25) is 11.8 Å². The molecule has 4 rings (SSSR count). The minimum absolute atomic E-state index is 0.0285. The SMILES string of the molecule is CC[C@@H](C)NC(=O)[C@@H](Cc1ccccc1)N(Cc1ccccc1F)C(=O)CN(c1cc(Cl)ccc1OC)S(=O)(=O)c1ccc(C)c([N+](=O)[O-])c1. The summed E-state index contributed by atoms with van der Waals surface area (Å²) in [6.45, 7) is 3.87. The van der Waals surface area contributed by atoms with Crippen LogP contribution in [0.15, 0.2) is 95.9 Å². The Bertz CT molecular complexity index is 1960. The van der Waals surface area contributed by atoms with Gasteiger partial charge in [-0.25, -0.2) is 12.8 Å². The number of nitrogens with one attached hydrogen (secondary N) is 1. The summed E-state index contributed by atoms with van der Waals surface area (Å²) in [7, 11) is -3.44. The molecule has 0 aliphatic carbocycles. The molecule has 0 heterocycles. The van der Waals surface area contributed by atoms with Gasteiger partial charge in [-0.2, -0.15) is 0 Å². The molecule has 0 aromatic heterocycles. The van der Waals surface area contributed by atoms with Crippen LogP contribution in [0.2, 0.25) is 5.02 Å². The first kappa shape index (κ1) is 37.8. The number of sulfonamides is 1. The summed E-state index contributed by atoms with van der Waals surface area (Å²) < 4.78 is 50.2. The third kappa shape index (κ3) is 8.96. The van der Waals surface area contributed by atoms with Gasteiger partial charge in [-0.1, -0.05) is 73.1 Å². The van der Waals surface area contributed by atoms with Crippen LogP contribution in [-0.4, -0.2) is 55.8 Å². The highest BCUT2D eigenvalue weighted by Gasteiger charge is 2.37. The van der Waals surface area contributed by atoms with Crippen LogP contribution >= 0.6 is 11.6 Å². The molecule has 0 saturated heterocycles. The van der Waals surface area contributed by atoms with Crippen LogP contribution in [0.4, 0.5) is 15.8 Å². The van der Waals surface area contributed by atoms with Crippen LogP contribution in [0.25, 0.3) is 0 Å². The second-order valence-electron chi connectivity index (χ2n) is 11.7. The molecule has 50 heavy (non-hydrogen) atoms. The number of ether oxygens (including phenoxy) is 1. The zero-order valence-corrected chi connectivity index (χ0v) is 29.6. The van der Waals surface area contributed by atoms with Crippen molar-refractivity contribution in [3.05, 3.63) is 129 Å². The molecule has 11 nitrogen and oxygen atoms in total. The number of benzene rings is 4. The molecule has 2 atom stereocenters. The van der Waals surface area contributed by atoms with Crippen LogP contribution in [0.5, 0.6) is 5.75 Å². The lowest BCUT2D eigenvalue weighted by atomic mass is 10.0. The number of aryl methyl sites for hydroxylation is 1. The van der Waals surface area contributed by atoms with Crippen LogP contribution in [-0.2, 0) is 32.6 Å². The predicted octanol–water partition coefficient (Wildman–Crippen LogP) is 6.45. The summed E-state index contributed by atoms with van der Waals surface area (Å²) in [5.74, 6) is -1.97. The van der Waals surface area contributed by atoms with Crippen LogP contribution < -0.4 is 14.4 Å². The Balaban J connectivity index is 1.90. The largest absolute Gasteiger partial charge is 0.495 e. The number of halogens is 2. The molecule has 0 aliphatic heterocycles. The summed E-state index contributed by atoms with van der Waals surface area (Å²) in [6, 6.07) is 20.8. The quantitative estimate of drug-likeness (QED) is 0.110. The number of nitrogens with zero attached hydrogens (tertiary/aromatic N) is 3. The number of hydrogen-bond acceptors (Lipinski definition) is 7. The molecule has 0 saturated carbocycles. The Labute approximate surface area is 295 Å². The van der Waals surface area contributed by atoms with Crippen molar-refractivity contribution in [1.82, 2.24) is 10.2 Å². The number of nitro benzene ring substituents is 1. The molecular formula is C36H38ClFN4O7S. The number of nitro groups is 1. The van der Waals surface area contributed by atoms with E-state index < -0.39 is 55.7 Å². The van der Waals surface area contributed by atoms with Crippen molar-refractivity contribution >= 4 is 44.8 Å². The van der Waals surface area contributed by atoms with E-state index in [0.717, 1.165) is 15.3 Å². The van der Waals surface area contributed by atoms with Gasteiger partial charge in [0.15, 0.2) is 0 Å². The lowest BCUT2D eigenvalue weighted by molar-refractivity contribution is -0.385. The smallest absolute Gasteiger partial charge is 0.273 e. The van der Waals surface area contributed by atoms with E-state index in [2.05, 4.69) is 5.32 Å². The molecule has 0 spiro atoms. The van der Waals surface area contributed by atoms with Crippen LogP contribution in [0.1, 0.15) is 37.0 Å². The third-order valence-electron chi connectivity index (χ3n) is 8.22. The van der Waals surface area contributed by atoms with E-state index in [0.29, 0.717) is 12.0 Å². The first-order valence-corrected chi connectivity index (χ1v) is 17.6. The number of anilines is 1. The molecule has 0 bridgehead atoms. The molecule has 0 radical (unpaired) electrons. The predicted molar refractivity (Wildman–Crippen MR) is 189 cm³/mol. The fourth-order valence-corrected chi connectivity index (χ4v) is 6.85. The van der Waals surface area contributed by atoms with Crippen molar-refractivity contribution in [3.8, 4) is 5.75 Å². The van der Waals surface area contributed by atoms with Gasteiger partial charge in [0.25, 0.3) is 15.7 Å². The summed E-state index contributed by atoms with van der Waals surface area (Å²) >= 11 is 6.31. The highest BCUT2D eigenvalue weighted by Crippen LogP contribution is 2.36. The van der Waals surface area contributed by atoms with Gasteiger partial charge in [-0.15, -0.1) is 0 Å². The van der Waals surface area contributed by atoms with Gasteiger partial charge in [0, 0.05) is 41.2 Å². The Morgan fingerprint density at radius 2 is 1.70 bits per heavy atom. The molecule has 2 amide bonds. The molecule has 14 heteroatoms. The van der Waals surface area contributed by atoms with E-state index in [1.165, 1.54) is 62.6 Å². The topological polar surface area (TPSA) is 139 Å². The Kier molecular flexibility index (Phi) is 12.5. The maximum absolute atomic E-state index is 15.2. The van der Waals surface area contributed by atoms with Crippen molar-refractivity contribution in [2.75, 3.05) is 18.0 Å². The van der Waals surface area contributed by atoms with Crippen molar-refractivity contribution in [2.45, 2.75) is 57.1 Å². The average molecular weight is 725 g/mol. The van der Waals surface area contributed by atoms with Gasteiger partial charge in [-0.05, 0) is 56.2 Å². The highest BCUT2D eigenvalue weighted by atomic mass is 35.5. The number of carbonyl (C=O) groups excluding carboxylic acids is 2.